The summed E-state index contributed by atoms with van der Waals surface area (Å²) in [6, 6.07) is 3.85. The van der Waals surface area contributed by atoms with E-state index in [9.17, 15) is 0 Å². The molecule has 1 rings (SSSR count). The minimum atomic E-state index is -0.281. The second-order valence-electron chi connectivity index (χ2n) is 4.45. The number of aromatic nitrogens is 1. The van der Waals surface area contributed by atoms with E-state index >= 15 is 0 Å². The molecule has 18 heavy (non-hydrogen) atoms. The van der Waals surface area contributed by atoms with Gasteiger partial charge in [-0.1, -0.05) is 19.9 Å². The number of hydrogen-bond donors (Lipinski definition) is 3. The fourth-order valence-electron chi connectivity index (χ4n) is 2.41. The topological polar surface area (TPSA) is 86.2 Å². The number of nitrogens with two attached hydrogens (primary N) is 2. The highest BCUT2D eigenvalue weighted by atomic mass is 16.5. The smallest absolute Gasteiger partial charge is 0.126 e. The van der Waals surface area contributed by atoms with Gasteiger partial charge < -0.3 is 10.5 Å². The summed E-state index contributed by atoms with van der Waals surface area (Å²) in [5.41, 5.74) is 9.44. The molecule has 0 radical (unpaired) electrons. The molecule has 0 bridgehead atoms. The second kappa shape index (κ2) is 6.68. The molecule has 1 aromatic heterocycles. The van der Waals surface area contributed by atoms with Gasteiger partial charge in [-0.2, -0.15) is 0 Å². The van der Waals surface area contributed by atoms with Crippen LogP contribution < -0.4 is 17.0 Å². The van der Waals surface area contributed by atoms with Crippen molar-refractivity contribution < 1.29 is 4.74 Å². The van der Waals surface area contributed by atoms with Gasteiger partial charge >= 0.3 is 0 Å². The van der Waals surface area contributed by atoms with Crippen LogP contribution >= 0.6 is 0 Å². The van der Waals surface area contributed by atoms with Crippen LogP contribution in [0.2, 0.25) is 0 Å². The highest BCUT2D eigenvalue weighted by Gasteiger charge is 2.35. The van der Waals surface area contributed by atoms with Crippen molar-refractivity contribution >= 4 is 5.82 Å². The summed E-state index contributed by atoms with van der Waals surface area (Å²) < 4.78 is 5.70. The Hall–Kier alpha value is -1.17. The Morgan fingerprint density at radius 2 is 2.11 bits per heavy atom. The summed E-state index contributed by atoms with van der Waals surface area (Å²) >= 11 is 0. The molecule has 0 fully saturated rings. The van der Waals surface area contributed by atoms with Crippen molar-refractivity contribution in [2.45, 2.75) is 44.8 Å². The lowest BCUT2D eigenvalue weighted by Crippen LogP contribution is -2.55. The van der Waals surface area contributed by atoms with Crippen molar-refractivity contribution in [3.05, 3.63) is 23.9 Å². The lowest BCUT2D eigenvalue weighted by atomic mass is 9.85. The number of rotatable bonds is 7. The van der Waals surface area contributed by atoms with Crippen molar-refractivity contribution in [1.82, 2.24) is 10.4 Å². The fourth-order valence-corrected chi connectivity index (χ4v) is 2.41. The molecule has 1 unspecified atom stereocenters. The molecule has 0 aliphatic carbocycles. The molecule has 102 valence electrons. The summed E-state index contributed by atoms with van der Waals surface area (Å²) in [5, 5.41) is 0. The number of pyridine rings is 1. The van der Waals surface area contributed by atoms with Gasteiger partial charge in [0, 0.05) is 13.3 Å². The van der Waals surface area contributed by atoms with Gasteiger partial charge in [-0.3, -0.25) is 11.3 Å². The predicted molar refractivity (Wildman–Crippen MR) is 73.8 cm³/mol. The van der Waals surface area contributed by atoms with Crippen molar-refractivity contribution in [2.24, 2.45) is 5.84 Å². The van der Waals surface area contributed by atoms with E-state index in [-0.39, 0.29) is 11.6 Å². The summed E-state index contributed by atoms with van der Waals surface area (Å²) in [7, 11) is 1.73. The SMILES string of the molecule is CCC(CC)(OC)C(Cc1cccnc1N)NN. The monoisotopic (exact) mass is 252 g/mol. The van der Waals surface area contributed by atoms with E-state index in [0.717, 1.165) is 18.4 Å². The maximum Gasteiger partial charge on any atom is 0.126 e. The normalized spacial score (nSPS) is 13.6. The summed E-state index contributed by atoms with van der Waals surface area (Å²) in [6.45, 7) is 4.20. The Morgan fingerprint density at radius 1 is 1.44 bits per heavy atom. The van der Waals surface area contributed by atoms with Gasteiger partial charge in [-0.15, -0.1) is 0 Å². The molecule has 1 aromatic rings. The summed E-state index contributed by atoms with van der Waals surface area (Å²) in [6.07, 6.45) is 4.16. The largest absolute Gasteiger partial charge is 0.383 e. The maximum absolute atomic E-state index is 5.87. The summed E-state index contributed by atoms with van der Waals surface area (Å²) in [5.74, 6) is 6.24. The van der Waals surface area contributed by atoms with Gasteiger partial charge in [-0.05, 0) is 30.9 Å². The molecule has 0 amide bonds. The van der Waals surface area contributed by atoms with Gasteiger partial charge in [0.2, 0.25) is 0 Å². The van der Waals surface area contributed by atoms with Crippen molar-refractivity contribution in [3.63, 3.8) is 0 Å². The Morgan fingerprint density at radius 3 is 2.56 bits per heavy atom. The predicted octanol–water partition coefficient (Wildman–Crippen LogP) is 1.24. The molecule has 0 aliphatic heterocycles. The Labute approximate surface area is 109 Å². The van der Waals surface area contributed by atoms with E-state index in [1.165, 1.54) is 0 Å². The highest BCUT2D eigenvalue weighted by Crippen LogP contribution is 2.27. The molecule has 5 heteroatoms. The molecule has 1 heterocycles. The van der Waals surface area contributed by atoms with E-state index < -0.39 is 0 Å². The highest BCUT2D eigenvalue weighted by molar-refractivity contribution is 5.39. The van der Waals surface area contributed by atoms with Crippen LogP contribution in [0, 0.1) is 0 Å². The second-order valence-corrected chi connectivity index (χ2v) is 4.45. The molecular weight excluding hydrogens is 228 g/mol. The van der Waals surface area contributed by atoms with Crippen molar-refractivity contribution in [1.29, 1.82) is 0 Å². The zero-order valence-electron chi connectivity index (χ0n) is 11.4. The van der Waals surface area contributed by atoms with Gasteiger partial charge in [-0.25, -0.2) is 4.98 Å². The molecule has 0 spiro atoms. The first-order valence-corrected chi connectivity index (χ1v) is 6.34. The molecule has 5 N–H and O–H groups in total. The molecule has 0 saturated carbocycles. The lowest BCUT2D eigenvalue weighted by Gasteiger charge is -2.38. The number of nitrogens with one attached hydrogen (secondary N) is 1. The molecule has 1 atom stereocenters. The van der Waals surface area contributed by atoms with Gasteiger partial charge in [0.25, 0.3) is 0 Å². The van der Waals surface area contributed by atoms with Crippen LogP contribution in [0.1, 0.15) is 32.3 Å². The minimum Gasteiger partial charge on any atom is -0.383 e. The van der Waals surface area contributed by atoms with E-state index in [2.05, 4.69) is 24.3 Å². The van der Waals surface area contributed by atoms with Crippen LogP contribution in [-0.2, 0) is 11.2 Å². The van der Waals surface area contributed by atoms with Crippen LogP contribution in [0.4, 0.5) is 5.82 Å². The number of anilines is 1. The van der Waals surface area contributed by atoms with Gasteiger partial charge in [0.05, 0.1) is 11.6 Å². The zero-order chi connectivity index (χ0) is 13.6. The first kappa shape index (κ1) is 14.9. The third kappa shape index (κ3) is 2.98. The number of hydrogen-bond acceptors (Lipinski definition) is 5. The van der Waals surface area contributed by atoms with E-state index in [1.807, 2.05) is 12.1 Å². The number of nitrogens with zero attached hydrogens (tertiary/aromatic N) is 1. The van der Waals surface area contributed by atoms with Gasteiger partial charge in [0.15, 0.2) is 0 Å². The molecule has 0 aliphatic rings. The average molecular weight is 252 g/mol. The van der Waals surface area contributed by atoms with Crippen LogP contribution in [0.15, 0.2) is 18.3 Å². The fraction of sp³-hybridized carbons (Fsp3) is 0.615. The Bertz CT molecular complexity index is 357. The third-order valence-electron chi connectivity index (χ3n) is 3.79. The number of nitrogen functional groups attached to an aromatic ring is 1. The molecule has 0 aromatic carbocycles. The quantitative estimate of drug-likeness (QED) is 0.502. The average Bonchev–Trinajstić information content (AvgIpc) is 2.42. The summed E-state index contributed by atoms with van der Waals surface area (Å²) in [4.78, 5) is 4.09. The Kier molecular flexibility index (Phi) is 5.53. The van der Waals surface area contributed by atoms with Crippen LogP contribution in [0.5, 0.6) is 0 Å². The molecule has 0 saturated heterocycles. The first-order chi connectivity index (χ1) is 8.63. The third-order valence-corrected chi connectivity index (χ3v) is 3.79. The number of methoxy groups -OCH3 is 1. The number of ether oxygens (including phenoxy) is 1. The van der Waals surface area contributed by atoms with E-state index in [0.29, 0.717) is 12.2 Å². The van der Waals surface area contributed by atoms with Crippen LogP contribution in [0.3, 0.4) is 0 Å². The maximum atomic E-state index is 5.87. The van der Waals surface area contributed by atoms with Gasteiger partial charge in [0.1, 0.15) is 5.82 Å². The lowest BCUT2D eigenvalue weighted by molar-refractivity contribution is -0.0472. The molecular formula is C13H24N4O. The van der Waals surface area contributed by atoms with Crippen LogP contribution in [0.25, 0.3) is 0 Å². The van der Waals surface area contributed by atoms with E-state index in [4.69, 9.17) is 16.3 Å². The Balaban J connectivity index is 2.94. The van der Waals surface area contributed by atoms with Crippen LogP contribution in [-0.4, -0.2) is 23.7 Å². The zero-order valence-corrected chi connectivity index (χ0v) is 11.4. The standard InChI is InChI=1S/C13H24N4O/c1-4-13(5-2,18-3)11(17-15)9-10-7-6-8-16-12(10)14/h6-8,11,17H,4-5,9,15H2,1-3H3,(H2,14,16). The van der Waals surface area contributed by atoms with Crippen molar-refractivity contribution in [2.75, 3.05) is 12.8 Å². The minimum absolute atomic E-state index is 0.00370. The molecule has 5 nitrogen and oxygen atoms in total. The number of hydrazine groups is 1. The van der Waals surface area contributed by atoms with Crippen molar-refractivity contribution in [3.8, 4) is 0 Å². The van der Waals surface area contributed by atoms with E-state index in [1.54, 1.807) is 13.3 Å². The first-order valence-electron chi connectivity index (χ1n) is 6.34.